The Morgan fingerprint density at radius 1 is 0.879 bits per heavy atom. The number of amides is 1. The minimum absolute atomic E-state index is 0.0138. The predicted molar refractivity (Wildman–Crippen MR) is 128 cm³/mol. The zero-order valence-electron chi connectivity index (χ0n) is 17.8. The van der Waals surface area contributed by atoms with Gasteiger partial charge in [-0.1, -0.05) is 54.6 Å². The summed E-state index contributed by atoms with van der Waals surface area (Å²) >= 11 is 0. The van der Waals surface area contributed by atoms with Gasteiger partial charge in [0.2, 0.25) is 15.9 Å². The van der Waals surface area contributed by atoms with Crippen molar-refractivity contribution in [2.75, 3.05) is 16.8 Å². The first kappa shape index (κ1) is 23.2. The molecular formula is C24H24N2O5S2. The van der Waals surface area contributed by atoms with Crippen molar-refractivity contribution in [3.05, 3.63) is 84.4 Å². The van der Waals surface area contributed by atoms with Crippen LogP contribution in [0.15, 0.2) is 83.8 Å². The van der Waals surface area contributed by atoms with Gasteiger partial charge < -0.3 is 5.32 Å². The summed E-state index contributed by atoms with van der Waals surface area (Å²) in [7, 11) is -7.03. The maximum absolute atomic E-state index is 12.5. The minimum Gasteiger partial charge on any atom is -0.326 e. The van der Waals surface area contributed by atoms with E-state index in [2.05, 4.69) is 10.0 Å². The van der Waals surface area contributed by atoms with Crippen molar-refractivity contribution in [3.8, 4) is 11.1 Å². The van der Waals surface area contributed by atoms with E-state index in [1.165, 1.54) is 24.3 Å². The van der Waals surface area contributed by atoms with Crippen LogP contribution in [0.4, 0.5) is 5.69 Å². The number of anilines is 1. The number of carbonyl (C=O) groups excluding carboxylic acids is 1. The van der Waals surface area contributed by atoms with Crippen LogP contribution in [0.3, 0.4) is 0 Å². The highest BCUT2D eigenvalue weighted by molar-refractivity contribution is 7.92. The molecule has 0 aromatic heterocycles. The number of sulfone groups is 1. The average Bonchev–Trinajstić information content (AvgIpc) is 3.12. The summed E-state index contributed by atoms with van der Waals surface area (Å²) in [6.45, 7) is 0. The van der Waals surface area contributed by atoms with Crippen LogP contribution in [0.5, 0.6) is 0 Å². The molecule has 7 nitrogen and oxygen atoms in total. The largest absolute Gasteiger partial charge is 0.326 e. The number of sulfonamides is 1. The van der Waals surface area contributed by atoms with Gasteiger partial charge in [-0.05, 0) is 47.4 Å². The fourth-order valence-electron chi connectivity index (χ4n) is 3.73. The lowest BCUT2D eigenvalue weighted by atomic mass is 10.0. The van der Waals surface area contributed by atoms with Gasteiger partial charge in [0.1, 0.15) is 0 Å². The zero-order chi connectivity index (χ0) is 23.5. The Labute approximate surface area is 193 Å². The number of hydrogen-bond donors (Lipinski definition) is 2. The lowest BCUT2D eigenvalue weighted by Gasteiger charge is -2.12. The summed E-state index contributed by atoms with van der Waals surface area (Å²) in [4.78, 5) is 12.4. The molecule has 0 unspecified atom stereocenters. The molecule has 9 heteroatoms. The van der Waals surface area contributed by atoms with E-state index in [1.807, 2.05) is 54.6 Å². The summed E-state index contributed by atoms with van der Waals surface area (Å²) < 4.78 is 50.6. The molecule has 1 saturated heterocycles. The van der Waals surface area contributed by atoms with Gasteiger partial charge in [0.25, 0.3) is 0 Å². The van der Waals surface area contributed by atoms with Crippen molar-refractivity contribution in [1.29, 1.82) is 0 Å². The minimum atomic E-state index is -3.84. The third kappa shape index (κ3) is 6.07. The van der Waals surface area contributed by atoms with Gasteiger partial charge >= 0.3 is 0 Å². The summed E-state index contributed by atoms with van der Waals surface area (Å²) in [6.07, 6.45) is 0.453. The Bertz CT molecular complexity index is 1340. The molecule has 33 heavy (non-hydrogen) atoms. The second-order valence-corrected chi connectivity index (χ2v) is 12.0. The average molecular weight is 485 g/mol. The van der Waals surface area contributed by atoms with Crippen molar-refractivity contribution >= 4 is 31.5 Å². The standard InChI is InChI=1S/C24H24N2O5S2/c27-24(16-18-6-8-20(9-7-18)19-4-2-1-3-5-19)25-21-10-12-23(13-11-21)33(30,31)26-22-14-15-32(28,29)17-22/h1-13,22,26H,14-17H2,(H,25,27)/t22-/m1/s1. The molecule has 3 aromatic carbocycles. The van der Waals surface area contributed by atoms with E-state index in [0.29, 0.717) is 5.69 Å². The van der Waals surface area contributed by atoms with Gasteiger partial charge in [-0.15, -0.1) is 0 Å². The van der Waals surface area contributed by atoms with Gasteiger partial charge in [-0.25, -0.2) is 21.6 Å². The van der Waals surface area contributed by atoms with E-state index >= 15 is 0 Å². The smallest absolute Gasteiger partial charge is 0.240 e. The van der Waals surface area contributed by atoms with Crippen LogP contribution in [-0.2, 0) is 31.1 Å². The van der Waals surface area contributed by atoms with E-state index in [-0.39, 0.29) is 35.2 Å². The van der Waals surface area contributed by atoms with E-state index < -0.39 is 25.9 Å². The highest BCUT2D eigenvalue weighted by Crippen LogP contribution is 2.20. The molecular weight excluding hydrogens is 460 g/mol. The molecule has 3 aromatic rings. The Morgan fingerprint density at radius 2 is 1.52 bits per heavy atom. The van der Waals surface area contributed by atoms with Crippen LogP contribution in [0.25, 0.3) is 11.1 Å². The van der Waals surface area contributed by atoms with Gasteiger partial charge in [-0.3, -0.25) is 4.79 Å². The van der Waals surface area contributed by atoms with Gasteiger partial charge in [0.15, 0.2) is 9.84 Å². The van der Waals surface area contributed by atoms with E-state index in [1.54, 1.807) is 0 Å². The summed E-state index contributed by atoms with van der Waals surface area (Å²) in [5.41, 5.74) is 3.51. The highest BCUT2D eigenvalue weighted by atomic mass is 32.2. The molecule has 0 spiro atoms. The molecule has 1 amide bonds. The summed E-state index contributed by atoms with van der Waals surface area (Å²) in [5, 5.41) is 2.77. The number of rotatable bonds is 7. The maximum atomic E-state index is 12.5. The Kier molecular flexibility index (Phi) is 6.64. The molecule has 172 valence electrons. The van der Waals surface area contributed by atoms with Crippen LogP contribution >= 0.6 is 0 Å². The first-order valence-electron chi connectivity index (χ1n) is 10.5. The van der Waals surface area contributed by atoms with Gasteiger partial charge in [-0.2, -0.15) is 0 Å². The number of nitrogens with one attached hydrogen (secondary N) is 2. The molecule has 4 rings (SSSR count). The Balaban J connectivity index is 1.34. The zero-order valence-corrected chi connectivity index (χ0v) is 19.4. The second kappa shape index (κ2) is 9.46. The molecule has 0 aliphatic carbocycles. The summed E-state index contributed by atoms with van der Waals surface area (Å²) in [6, 6.07) is 22.9. The van der Waals surface area contributed by atoms with E-state index in [9.17, 15) is 21.6 Å². The third-order valence-corrected chi connectivity index (χ3v) is 8.73. The first-order chi connectivity index (χ1) is 15.7. The molecule has 1 heterocycles. The van der Waals surface area contributed by atoms with Crippen molar-refractivity contribution in [3.63, 3.8) is 0 Å². The monoisotopic (exact) mass is 484 g/mol. The van der Waals surface area contributed by atoms with Crippen LogP contribution in [0.2, 0.25) is 0 Å². The fourth-order valence-corrected chi connectivity index (χ4v) is 6.78. The number of benzene rings is 3. The molecule has 2 N–H and O–H groups in total. The van der Waals surface area contributed by atoms with Gasteiger partial charge in [0, 0.05) is 11.7 Å². The first-order valence-corrected chi connectivity index (χ1v) is 13.8. The molecule has 0 radical (unpaired) electrons. The normalized spacial score (nSPS) is 17.5. The van der Waals surface area contributed by atoms with Crippen molar-refractivity contribution in [1.82, 2.24) is 4.72 Å². The SMILES string of the molecule is O=C(Cc1ccc(-c2ccccc2)cc1)Nc1ccc(S(=O)(=O)N[C@@H]2CCS(=O)(=O)C2)cc1. The molecule has 1 fully saturated rings. The highest BCUT2D eigenvalue weighted by Gasteiger charge is 2.31. The van der Waals surface area contributed by atoms with E-state index in [0.717, 1.165) is 16.7 Å². The van der Waals surface area contributed by atoms with Crippen LogP contribution in [0.1, 0.15) is 12.0 Å². The lowest BCUT2D eigenvalue weighted by molar-refractivity contribution is -0.115. The summed E-state index contributed by atoms with van der Waals surface area (Å²) in [5.74, 6) is -0.417. The number of hydrogen-bond acceptors (Lipinski definition) is 5. The molecule has 1 atom stereocenters. The predicted octanol–water partition coefficient (Wildman–Crippen LogP) is 3.00. The van der Waals surface area contributed by atoms with Crippen LogP contribution in [0, 0.1) is 0 Å². The lowest BCUT2D eigenvalue weighted by Crippen LogP contribution is -2.35. The molecule has 1 aliphatic heterocycles. The Morgan fingerprint density at radius 3 is 2.12 bits per heavy atom. The van der Waals surface area contributed by atoms with Crippen LogP contribution < -0.4 is 10.0 Å². The molecule has 0 saturated carbocycles. The van der Waals surface area contributed by atoms with Crippen molar-refractivity contribution < 1.29 is 21.6 Å². The second-order valence-electron chi connectivity index (χ2n) is 8.03. The van der Waals surface area contributed by atoms with Gasteiger partial charge in [0.05, 0.1) is 22.8 Å². The van der Waals surface area contributed by atoms with Crippen LogP contribution in [-0.4, -0.2) is 40.3 Å². The van der Waals surface area contributed by atoms with E-state index in [4.69, 9.17) is 0 Å². The van der Waals surface area contributed by atoms with Crippen molar-refractivity contribution in [2.45, 2.75) is 23.8 Å². The molecule has 1 aliphatic rings. The van der Waals surface area contributed by atoms with Crippen molar-refractivity contribution in [2.24, 2.45) is 0 Å². The maximum Gasteiger partial charge on any atom is 0.240 e. The third-order valence-electron chi connectivity index (χ3n) is 5.43. The Hall–Kier alpha value is -3.01. The topological polar surface area (TPSA) is 109 Å². The molecule has 0 bridgehead atoms. The number of carbonyl (C=O) groups is 1. The quantitative estimate of drug-likeness (QED) is 0.536. The fraction of sp³-hybridized carbons (Fsp3) is 0.208.